The van der Waals surface area contributed by atoms with Crippen LogP contribution in [0.15, 0.2) is 48.7 Å². The normalized spacial score (nSPS) is 10.4. The highest BCUT2D eigenvalue weighted by Gasteiger charge is 2.22. The fraction of sp³-hybridized carbons (Fsp3) is 0.238. The highest BCUT2D eigenvalue weighted by atomic mass is 16.5. The van der Waals surface area contributed by atoms with Crippen LogP contribution < -0.4 is 9.47 Å². The number of aromatic nitrogens is 3. The lowest BCUT2D eigenvalue weighted by Gasteiger charge is -2.11. The molecule has 0 unspecified atom stereocenters. The van der Waals surface area contributed by atoms with Crippen LogP contribution in [0.5, 0.6) is 11.5 Å². The van der Waals surface area contributed by atoms with Crippen LogP contribution in [0, 0.1) is 0 Å². The summed E-state index contributed by atoms with van der Waals surface area (Å²) in [6.45, 7) is 1.75. The highest BCUT2D eigenvalue weighted by Crippen LogP contribution is 2.25. The van der Waals surface area contributed by atoms with E-state index < -0.39 is 5.97 Å². The molecule has 8 heteroatoms. The van der Waals surface area contributed by atoms with E-state index in [1.54, 1.807) is 49.5 Å². The highest BCUT2D eigenvalue weighted by molar-refractivity contribution is 5.99. The van der Waals surface area contributed by atoms with Crippen LogP contribution in [0.4, 0.5) is 0 Å². The number of hydrogen-bond donors (Lipinski definition) is 0. The molecule has 2 aromatic heterocycles. The van der Waals surface area contributed by atoms with E-state index in [0.717, 1.165) is 0 Å². The number of rotatable bonds is 8. The van der Waals surface area contributed by atoms with Crippen LogP contribution >= 0.6 is 0 Å². The van der Waals surface area contributed by atoms with E-state index in [2.05, 4.69) is 10.1 Å². The maximum atomic E-state index is 13.0. The molecule has 0 amide bonds. The zero-order valence-electron chi connectivity index (χ0n) is 16.4. The third-order valence-corrected chi connectivity index (χ3v) is 4.19. The molecule has 0 spiro atoms. The Bertz CT molecular complexity index is 1010. The molecule has 0 N–H and O–H groups in total. The first-order chi connectivity index (χ1) is 14.1. The summed E-state index contributed by atoms with van der Waals surface area (Å²) in [6.07, 6.45) is 1.63. The van der Waals surface area contributed by atoms with Crippen LogP contribution in [0.2, 0.25) is 0 Å². The van der Waals surface area contributed by atoms with Crippen LogP contribution in [0.25, 0.3) is 11.4 Å². The summed E-state index contributed by atoms with van der Waals surface area (Å²) in [7, 11) is 3.00. The molecule has 8 nitrogen and oxygen atoms in total. The Labute approximate surface area is 168 Å². The molecule has 0 radical (unpaired) electrons. The van der Waals surface area contributed by atoms with E-state index in [0.29, 0.717) is 28.5 Å². The molecule has 0 saturated carbocycles. The van der Waals surface area contributed by atoms with Gasteiger partial charge in [0.25, 0.3) is 0 Å². The Kier molecular flexibility index (Phi) is 6.23. The largest absolute Gasteiger partial charge is 0.497 e. The van der Waals surface area contributed by atoms with Gasteiger partial charge in [0.2, 0.25) is 0 Å². The molecule has 0 aliphatic heterocycles. The van der Waals surface area contributed by atoms with E-state index in [-0.39, 0.29) is 24.6 Å². The summed E-state index contributed by atoms with van der Waals surface area (Å²) in [4.78, 5) is 29.6. The maximum Gasteiger partial charge on any atom is 0.356 e. The van der Waals surface area contributed by atoms with Crippen molar-refractivity contribution < 1.29 is 23.8 Å². The van der Waals surface area contributed by atoms with Crippen molar-refractivity contribution in [3.63, 3.8) is 0 Å². The van der Waals surface area contributed by atoms with Gasteiger partial charge in [-0.1, -0.05) is 6.07 Å². The molecule has 0 saturated heterocycles. The Hall–Kier alpha value is -3.68. The van der Waals surface area contributed by atoms with Gasteiger partial charge >= 0.3 is 5.97 Å². The first kappa shape index (κ1) is 20.1. The minimum absolute atomic E-state index is 0.169. The number of Topliss-reactive ketones (excluding diaryl/α,β-unsaturated/α-hetero) is 1. The van der Waals surface area contributed by atoms with Crippen molar-refractivity contribution in [3.05, 3.63) is 59.9 Å². The fourth-order valence-electron chi connectivity index (χ4n) is 2.80. The van der Waals surface area contributed by atoms with E-state index in [4.69, 9.17) is 14.2 Å². The summed E-state index contributed by atoms with van der Waals surface area (Å²) >= 11 is 0. The predicted molar refractivity (Wildman–Crippen MR) is 105 cm³/mol. The number of benzene rings is 1. The summed E-state index contributed by atoms with van der Waals surface area (Å²) in [5.74, 6) is 0.0783. The third kappa shape index (κ3) is 4.43. The van der Waals surface area contributed by atoms with Crippen LogP contribution in [0.1, 0.15) is 27.8 Å². The molecule has 3 rings (SSSR count). The number of esters is 1. The lowest BCUT2D eigenvalue weighted by Crippen LogP contribution is -2.18. The van der Waals surface area contributed by atoms with Crippen LogP contribution in [0.3, 0.4) is 0 Å². The molecule has 0 fully saturated rings. The Balaban J connectivity index is 1.98. The minimum atomic E-state index is -0.562. The van der Waals surface area contributed by atoms with Gasteiger partial charge in [-0.3, -0.25) is 9.78 Å². The second kappa shape index (κ2) is 9.01. The Morgan fingerprint density at radius 3 is 2.52 bits per heavy atom. The SMILES string of the molecule is CCOC(=O)c1cc(-c2ccccn2)nn1CC(=O)c1cc(OC)ccc1OC. The van der Waals surface area contributed by atoms with Gasteiger partial charge in [-0.25, -0.2) is 9.48 Å². The number of ether oxygens (including phenoxy) is 3. The number of methoxy groups -OCH3 is 2. The zero-order valence-corrected chi connectivity index (χ0v) is 16.4. The van der Waals surface area contributed by atoms with Crippen molar-refractivity contribution in [3.8, 4) is 22.9 Å². The maximum absolute atomic E-state index is 13.0. The molecule has 1 aromatic carbocycles. The van der Waals surface area contributed by atoms with Crippen molar-refractivity contribution in [1.82, 2.24) is 14.8 Å². The Morgan fingerprint density at radius 1 is 1.03 bits per heavy atom. The topological polar surface area (TPSA) is 92.5 Å². The Morgan fingerprint density at radius 2 is 1.86 bits per heavy atom. The number of nitrogens with zero attached hydrogens (tertiary/aromatic N) is 3. The lowest BCUT2D eigenvalue weighted by molar-refractivity contribution is 0.0512. The van der Waals surface area contributed by atoms with Gasteiger partial charge in [0.1, 0.15) is 29.4 Å². The summed E-state index contributed by atoms with van der Waals surface area (Å²) in [5.41, 5.74) is 1.56. The predicted octanol–water partition coefficient (Wildman–Crippen LogP) is 3.02. The second-order valence-corrected chi connectivity index (χ2v) is 6.00. The van der Waals surface area contributed by atoms with Crippen LogP contribution in [-0.2, 0) is 11.3 Å². The number of pyridine rings is 1. The van der Waals surface area contributed by atoms with E-state index >= 15 is 0 Å². The third-order valence-electron chi connectivity index (χ3n) is 4.19. The molecule has 3 aromatic rings. The van der Waals surface area contributed by atoms with Crippen molar-refractivity contribution in [1.29, 1.82) is 0 Å². The average Bonchev–Trinajstić information content (AvgIpc) is 3.18. The molecule has 2 heterocycles. The number of ketones is 1. The van der Waals surface area contributed by atoms with Gasteiger partial charge in [-0.05, 0) is 37.3 Å². The van der Waals surface area contributed by atoms with Gasteiger partial charge in [0, 0.05) is 12.3 Å². The van der Waals surface area contributed by atoms with Crippen molar-refractivity contribution in [2.24, 2.45) is 0 Å². The van der Waals surface area contributed by atoms with Gasteiger partial charge in [0.15, 0.2) is 5.78 Å². The summed E-state index contributed by atoms with van der Waals surface area (Å²) in [6, 6.07) is 11.9. The second-order valence-electron chi connectivity index (χ2n) is 6.00. The molecule has 150 valence electrons. The van der Waals surface area contributed by atoms with Gasteiger partial charge in [-0.2, -0.15) is 5.10 Å². The quantitative estimate of drug-likeness (QED) is 0.427. The first-order valence-electron chi connectivity index (χ1n) is 8.99. The van der Waals surface area contributed by atoms with Crippen molar-refractivity contribution >= 4 is 11.8 Å². The van der Waals surface area contributed by atoms with Crippen molar-refractivity contribution in [2.75, 3.05) is 20.8 Å². The monoisotopic (exact) mass is 395 g/mol. The first-order valence-corrected chi connectivity index (χ1v) is 8.99. The summed E-state index contributed by atoms with van der Waals surface area (Å²) in [5, 5.41) is 4.41. The number of carbonyl (C=O) groups is 2. The van der Waals surface area contributed by atoms with Gasteiger partial charge < -0.3 is 14.2 Å². The molecular formula is C21H21N3O5. The van der Waals surface area contributed by atoms with E-state index in [9.17, 15) is 9.59 Å². The number of hydrogen-bond acceptors (Lipinski definition) is 7. The summed E-state index contributed by atoms with van der Waals surface area (Å²) < 4.78 is 16.9. The average molecular weight is 395 g/mol. The van der Waals surface area contributed by atoms with E-state index in [1.165, 1.54) is 18.9 Å². The zero-order chi connectivity index (χ0) is 20.8. The molecule has 29 heavy (non-hydrogen) atoms. The molecule has 0 aliphatic carbocycles. The van der Waals surface area contributed by atoms with Crippen molar-refractivity contribution in [2.45, 2.75) is 13.5 Å². The standard InChI is InChI=1S/C21H21N3O5/c1-4-29-21(26)18-12-17(16-7-5-6-10-22-16)23-24(18)13-19(25)15-11-14(27-2)8-9-20(15)28-3/h5-12H,4,13H2,1-3H3. The molecule has 0 bridgehead atoms. The van der Waals surface area contributed by atoms with E-state index in [1.807, 2.05) is 6.07 Å². The lowest BCUT2D eigenvalue weighted by atomic mass is 10.1. The van der Waals surface area contributed by atoms with Gasteiger partial charge in [-0.15, -0.1) is 0 Å². The molecule has 0 aliphatic rings. The van der Waals surface area contributed by atoms with Gasteiger partial charge in [0.05, 0.1) is 32.1 Å². The molecule has 0 atom stereocenters. The molecular weight excluding hydrogens is 374 g/mol. The minimum Gasteiger partial charge on any atom is -0.497 e. The van der Waals surface area contributed by atoms with Crippen LogP contribution in [-0.4, -0.2) is 47.3 Å². The fourth-order valence-corrected chi connectivity index (χ4v) is 2.80. The number of carbonyl (C=O) groups excluding carboxylic acids is 2. The smallest absolute Gasteiger partial charge is 0.356 e.